The van der Waals surface area contributed by atoms with Crippen LogP contribution in [-0.2, 0) is 9.47 Å². The van der Waals surface area contributed by atoms with Crippen LogP contribution in [0.4, 0.5) is 0 Å². The lowest BCUT2D eigenvalue weighted by Crippen LogP contribution is -2.39. The van der Waals surface area contributed by atoms with Crippen molar-refractivity contribution >= 4 is 5.96 Å². The molecule has 0 radical (unpaired) electrons. The van der Waals surface area contributed by atoms with Crippen LogP contribution < -0.4 is 15.4 Å². The number of para-hydroxylation sites is 1. The Morgan fingerprint density at radius 2 is 1.87 bits per heavy atom. The molecular formula is C17H29N3O3. The fourth-order valence-electron chi connectivity index (χ4n) is 1.80. The van der Waals surface area contributed by atoms with Gasteiger partial charge >= 0.3 is 0 Å². The fraction of sp³-hybridized carbons (Fsp3) is 0.588. The molecule has 6 heteroatoms. The van der Waals surface area contributed by atoms with Crippen LogP contribution in [0, 0.1) is 0 Å². The molecule has 1 aromatic carbocycles. The number of benzene rings is 1. The maximum atomic E-state index is 5.64. The summed E-state index contributed by atoms with van der Waals surface area (Å²) in [6.07, 6.45) is 0.890. The van der Waals surface area contributed by atoms with E-state index in [0.29, 0.717) is 33.0 Å². The van der Waals surface area contributed by atoms with E-state index in [2.05, 4.69) is 15.6 Å². The van der Waals surface area contributed by atoms with Crippen molar-refractivity contribution in [1.82, 2.24) is 10.6 Å². The minimum Gasteiger partial charge on any atom is -0.492 e. The lowest BCUT2D eigenvalue weighted by molar-refractivity contribution is 0.0702. The van der Waals surface area contributed by atoms with Gasteiger partial charge < -0.3 is 24.8 Å². The van der Waals surface area contributed by atoms with Crippen molar-refractivity contribution in [1.29, 1.82) is 0 Å². The van der Waals surface area contributed by atoms with Gasteiger partial charge in [0.2, 0.25) is 0 Å². The van der Waals surface area contributed by atoms with E-state index >= 15 is 0 Å². The molecule has 130 valence electrons. The summed E-state index contributed by atoms with van der Waals surface area (Å²) < 4.78 is 16.0. The van der Waals surface area contributed by atoms with Gasteiger partial charge in [-0.3, -0.25) is 4.99 Å². The van der Waals surface area contributed by atoms with E-state index < -0.39 is 0 Å². The molecule has 0 aliphatic rings. The van der Waals surface area contributed by atoms with Crippen molar-refractivity contribution in [2.45, 2.75) is 13.3 Å². The molecule has 0 saturated carbocycles. The molecule has 1 rings (SSSR count). The average Bonchev–Trinajstić information content (AvgIpc) is 2.58. The Kier molecular flexibility index (Phi) is 11.6. The van der Waals surface area contributed by atoms with Gasteiger partial charge in [0.25, 0.3) is 0 Å². The first-order valence-corrected chi connectivity index (χ1v) is 8.13. The van der Waals surface area contributed by atoms with Crippen LogP contribution in [0.5, 0.6) is 5.75 Å². The first-order valence-electron chi connectivity index (χ1n) is 8.13. The number of methoxy groups -OCH3 is 1. The number of nitrogens with zero attached hydrogens (tertiary/aromatic N) is 1. The van der Waals surface area contributed by atoms with Crippen LogP contribution in [0.2, 0.25) is 0 Å². The van der Waals surface area contributed by atoms with Crippen molar-refractivity contribution in [3.63, 3.8) is 0 Å². The van der Waals surface area contributed by atoms with Crippen molar-refractivity contribution in [2.24, 2.45) is 4.99 Å². The van der Waals surface area contributed by atoms with Gasteiger partial charge in [0, 0.05) is 26.8 Å². The molecule has 2 N–H and O–H groups in total. The Hall–Kier alpha value is -1.79. The zero-order valence-electron chi connectivity index (χ0n) is 14.2. The SMILES string of the molecule is CCNC(=NCCCOCCOC)NCCOc1ccccc1. The van der Waals surface area contributed by atoms with Gasteiger partial charge in [0.05, 0.1) is 19.8 Å². The molecule has 0 bridgehead atoms. The molecule has 0 unspecified atom stereocenters. The Labute approximate surface area is 139 Å². The van der Waals surface area contributed by atoms with Gasteiger partial charge in [-0.1, -0.05) is 18.2 Å². The van der Waals surface area contributed by atoms with Gasteiger partial charge in [-0.05, 0) is 25.5 Å². The van der Waals surface area contributed by atoms with Crippen molar-refractivity contribution in [3.05, 3.63) is 30.3 Å². The molecular weight excluding hydrogens is 294 g/mol. The summed E-state index contributed by atoms with van der Waals surface area (Å²) >= 11 is 0. The Balaban J connectivity index is 2.13. The molecule has 0 aromatic heterocycles. The number of ether oxygens (including phenoxy) is 3. The third-order valence-electron chi connectivity index (χ3n) is 2.90. The topological polar surface area (TPSA) is 64.1 Å². The highest BCUT2D eigenvalue weighted by Crippen LogP contribution is 2.07. The Morgan fingerprint density at radius 1 is 1.04 bits per heavy atom. The van der Waals surface area contributed by atoms with Gasteiger partial charge in [-0.2, -0.15) is 0 Å². The van der Waals surface area contributed by atoms with Crippen molar-refractivity contribution in [2.75, 3.05) is 53.2 Å². The molecule has 6 nitrogen and oxygen atoms in total. The fourth-order valence-corrected chi connectivity index (χ4v) is 1.80. The second-order valence-electron chi connectivity index (χ2n) is 4.81. The smallest absolute Gasteiger partial charge is 0.191 e. The Morgan fingerprint density at radius 3 is 2.61 bits per heavy atom. The van der Waals surface area contributed by atoms with Crippen molar-refractivity contribution < 1.29 is 14.2 Å². The van der Waals surface area contributed by atoms with Crippen LogP contribution in [0.15, 0.2) is 35.3 Å². The highest BCUT2D eigenvalue weighted by molar-refractivity contribution is 5.79. The normalized spacial score (nSPS) is 11.3. The predicted molar refractivity (Wildman–Crippen MR) is 93.2 cm³/mol. The van der Waals surface area contributed by atoms with E-state index in [9.17, 15) is 0 Å². The van der Waals surface area contributed by atoms with Crippen LogP contribution in [0.25, 0.3) is 0 Å². The average molecular weight is 323 g/mol. The summed E-state index contributed by atoms with van der Waals surface area (Å²) in [6.45, 7) is 6.86. The maximum absolute atomic E-state index is 5.64. The highest BCUT2D eigenvalue weighted by Gasteiger charge is 1.97. The van der Waals surface area contributed by atoms with Gasteiger partial charge in [0.1, 0.15) is 12.4 Å². The lowest BCUT2D eigenvalue weighted by atomic mass is 10.3. The second kappa shape index (κ2) is 13.8. The summed E-state index contributed by atoms with van der Waals surface area (Å²) in [5.41, 5.74) is 0. The van der Waals surface area contributed by atoms with Gasteiger partial charge in [-0.25, -0.2) is 0 Å². The zero-order valence-corrected chi connectivity index (χ0v) is 14.2. The molecule has 23 heavy (non-hydrogen) atoms. The third kappa shape index (κ3) is 10.5. The van der Waals surface area contributed by atoms with Crippen LogP contribution in [0.1, 0.15) is 13.3 Å². The number of rotatable bonds is 12. The van der Waals surface area contributed by atoms with Gasteiger partial charge in [0.15, 0.2) is 5.96 Å². The van der Waals surface area contributed by atoms with Crippen molar-refractivity contribution in [3.8, 4) is 5.75 Å². The summed E-state index contributed by atoms with van der Waals surface area (Å²) in [5, 5.41) is 6.47. The van der Waals surface area contributed by atoms with Crippen LogP contribution in [0.3, 0.4) is 0 Å². The summed E-state index contributed by atoms with van der Waals surface area (Å²) in [7, 11) is 1.67. The molecule has 0 heterocycles. The van der Waals surface area contributed by atoms with Crippen LogP contribution in [-0.4, -0.2) is 59.1 Å². The Bertz CT molecular complexity index is 413. The number of aliphatic imine (C=N–C) groups is 1. The molecule has 0 atom stereocenters. The van der Waals surface area contributed by atoms with Crippen LogP contribution >= 0.6 is 0 Å². The molecule has 0 saturated heterocycles. The number of guanidine groups is 1. The van der Waals surface area contributed by atoms with E-state index in [1.807, 2.05) is 37.3 Å². The third-order valence-corrected chi connectivity index (χ3v) is 2.90. The first kappa shape index (κ1) is 19.3. The summed E-state index contributed by atoms with van der Waals surface area (Å²) in [4.78, 5) is 4.50. The summed E-state index contributed by atoms with van der Waals surface area (Å²) in [6, 6.07) is 9.79. The monoisotopic (exact) mass is 323 g/mol. The molecule has 0 aliphatic heterocycles. The minimum atomic E-state index is 0.592. The number of nitrogens with one attached hydrogen (secondary N) is 2. The molecule has 0 fully saturated rings. The van der Waals surface area contributed by atoms with E-state index in [0.717, 1.165) is 31.2 Å². The number of hydrogen-bond donors (Lipinski definition) is 2. The second-order valence-corrected chi connectivity index (χ2v) is 4.81. The number of hydrogen-bond acceptors (Lipinski definition) is 4. The highest BCUT2D eigenvalue weighted by atomic mass is 16.5. The molecule has 0 aliphatic carbocycles. The lowest BCUT2D eigenvalue weighted by Gasteiger charge is -2.12. The maximum Gasteiger partial charge on any atom is 0.191 e. The summed E-state index contributed by atoms with van der Waals surface area (Å²) in [5.74, 6) is 1.69. The first-order chi connectivity index (χ1) is 11.4. The van der Waals surface area contributed by atoms with E-state index in [-0.39, 0.29) is 0 Å². The zero-order chi connectivity index (χ0) is 16.6. The molecule has 1 aromatic rings. The van der Waals surface area contributed by atoms with E-state index in [1.54, 1.807) is 7.11 Å². The predicted octanol–water partition coefficient (Wildman–Crippen LogP) is 1.67. The molecule has 0 amide bonds. The van der Waals surface area contributed by atoms with E-state index in [4.69, 9.17) is 14.2 Å². The quantitative estimate of drug-likeness (QED) is 0.348. The largest absolute Gasteiger partial charge is 0.492 e. The molecule has 0 spiro atoms. The minimum absolute atomic E-state index is 0.592. The van der Waals surface area contributed by atoms with E-state index in [1.165, 1.54) is 0 Å². The van der Waals surface area contributed by atoms with Gasteiger partial charge in [-0.15, -0.1) is 0 Å². The standard InChI is InChI=1S/C17H29N3O3/c1-3-18-17(19-10-7-12-22-15-14-21-2)20-11-13-23-16-8-5-4-6-9-16/h4-6,8-9H,3,7,10-15H2,1-2H3,(H2,18,19,20).